The summed E-state index contributed by atoms with van der Waals surface area (Å²) in [6.07, 6.45) is 0.422. The number of hydrogen-bond donors (Lipinski definition) is 0. The van der Waals surface area contributed by atoms with Crippen molar-refractivity contribution in [3.63, 3.8) is 0 Å². The van der Waals surface area contributed by atoms with Crippen LogP contribution in [0, 0.1) is 13.8 Å². The predicted octanol–water partition coefficient (Wildman–Crippen LogP) is 3.30. The van der Waals surface area contributed by atoms with Crippen LogP contribution in [0.4, 0.5) is 0 Å². The van der Waals surface area contributed by atoms with Gasteiger partial charge in [0.1, 0.15) is 6.10 Å². The van der Waals surface area contributed by atoms with E-state index in [1.807, 2.05) is 45.9 Å². The van der Waals surface area contributed by atoms with Gasteiger partial charge in [0.05, 0.1) is 0 Å². The first-order valence-corrected chi connectivity index (χ1v) is 5.83. The minimum Gasteiger partial charge on any atom is -0.370 e. The van der Waals surface area contributed by atoms with Crippen molar-refractivity contribution >= 4 is 5.78 Å². The van der Waals surface area contributed by atoms with Gasteiger partial charge in [-0.05, 0) is 38.8 Å². The Morgan fingerprint density at radius 2 is 2.00 bits per heavy atom. The van der Waals surface area contributed by atoms with Crippen LogP contribution < -0.4 is 0 Å². The van der Waals surface area contributed by atoms with Crippen molar-refractivity contribution in [1.82, 2.24) is 0 Å². The van der Waals surface area contributed by atoms with E-state index in [4.69, 9.17) is 4.74 Å². The smallest absolute Gasteiger partial charge is 0.191 e. The topological polar surface area (TPSA) is 26.3 Å². The average molecular weight is 220 g/mol. The van der Waals surface area contributed by atoms with Gasteiger partial charge >= 0.3 is 0 Å². The second-order valence-electron chi connectivity index (χ2n) is 4.03. The highest BCUT2D eigenvalue weighted by Gasteiger charge is 2.19. The molecule has 1 rings (SSSR count). The van der Waals surface area contributed by atoms with Crippen molar-refractivity contribution in [3.05, 3.63) is 34.9 Å². The van der Waals surface area contributed by atoms with Crippen LogP contribution in [0.15, 0.2) is 18.2 Å². The Balaban J connectivity index is 2.98. The van der Waals surface area contributed by atoms with Gasteiger partial charge < -0.3 is 4.74 Å². The van der Waals surface area contributed by atoms with Crippen LogP contribution in [-0.4, -0.2) is 18.5 Å². The lowest BCUT2D eigenvalue weighted by molar-refractivity contribution is 0.0443. The Morgan fingerprint density at radius 3 is 2.56 bits per heavy atom. The Morgan fingerprint density at radius 1 is 1.31 bits per heavy atom. The molecule has 2 heteroatoms. The van der Waals surface area contributed by atoms with E-state index in [0.717, 1.165) is 23.1 Å². The van der Waals surface area contributed by atoms with Gasteiger partial charge in [-0.1, -0.05) is 24.6 Å². The molecule has 0 aliphatic heterocycles. The molecule has 1 aromatic rings. The number of hydrogen-bond acceptors (Lipinski definition) is 2. The van der Waals surface area contributed by atoms with Crippen LogP contribution in [0.2, 0.25) is 0 Å². The van der Waals surface area contributed by atoms with Crippen molar-refractivity contribution in [2.24, 2.45) is 0 Å². The molecular formula is C14H20O2. The van der Waals surface area contributed by atoms with E-state index in [0.29, 0.717) is 6.61 Å². The molecule has 1 unspecified atom stereocenters. The standard InChI is InChI=1S/C14H20O2/c1-5-13(16-6-2)14(15)12-9-10(3)7-8-11(12)4/h7-9,13H,5-6H2,1-4H3. The van der Waals surface area contributed by atoms with E-state index in [1.54, 1.807) is 0 Å². The number of ether oxygens (including phenoxy) is 1. The van der Waals surface area contributed by atoms with Crippen molar-refractivity contribution < 1.29 is 9.53 Å². The first-order valence-electron chi connectivity index (χ1n) is 5.83. The molecule has 0 heterocycles. The molecule has 2 nitrogen and oxygen atoms in total. The molecule has 0 spiro atoms. The van der Waals surface area contributed by atoms with Crippen molar-refractivity contribution in [3.8, 4) is 0 Å². The van der Waals surface area contributed by atoms with Gasteiger partial charge in [0.15, 0.2) is 5.78 Å². The lowest BCUT2D eigenvalue weighted by atomic mass is 9.98. The third kappa shape index (κ3) is 2.92. The predicted molar refractivity (Wildman–Crippen MR) is 66.0 cm³/mol. The summed E-state index contributed by atoms with van der Waals surface area (Å²) in [5.41, 5.74) is 2.93. The third-order valence-corrected chi connectivity index (χ3v) is 2.69. The van der Waals surface area contributed by atoms with E-state index >= 15 is 0 Å². The molecule has 0 aliphatic carbocycles. The summed E-state index contributed by atoms with van der Waals surface area (Å²) in [6, 6.07) is 5.95. The summed E-state index contributed by atoms with van der Waals surface area (Å²) in [5, 5.41) is 0. The normalized spacial score (nSPS) is 12.5. The molecule has 88 valence electrons. The quantitative estimate of drug-likeness (QED) is 0.712. The van der Waals surface area contributed by atoms with E-state index in [-0.39, 0.29) is 11.9 Å². The maximum atomic E-state index is 12.2. The van der Waals surface area contributed by atoms with Gasteiger partial charge in [0.25, 0.3) is 0 Å². The Hall–Kier alpha value is -1.15. The molecule has 0 fully saturated rings. The number of ketones is 1. The molecule has 0 saturated heterocycles. The van der Waals surface area contributed by atoms with E-state index in [2.05, 4.69) is 0 Å². The number of Topliss-reactive ketones (excluding diaryl/α,β-unsaturated/α-hetero) is 1. The number of benzene rings is 1. The fraction of sp³-hybridized carbons (Fsp3) is 0.500. The fourth-order valence-electron chi connectivity index (χ4n) is 1.75. The molecule has 0 aliphatic rings. The van der Waals surface area contributed by atoms with Gasteiger partial charge in [0, 0.05) is 12.2 Å². The minimum atomic E-state index is -0.300. The molecule has 0 radical (unpaired) electrons. The second kappa shape index (κ2) is 5.80. The highest BCUT2D eigenvalue weighted by molar-refractivity contribution is 6.00. The molecular weight excluding hydrogens is 200 g/mol. The highest BCUT2D eigenvalue weighted by Crippen LogP contribution is 2.15. The summed E-state index contributed by atoms with van der Waals surface area (Å²) in [4.78, 5) is 12.2. The zero-order valence-corrected chi connectivity index (χ0v) is 10.5. The van der Waals surface area contributed by atoms with Crippen LogP contribution in [0.3, 0.4) is 0 Å². The van der Waals surface area contributed by atoms with Gasteiger partial charge in [-0.2, -0.15) is 0 Å². The molecule has 1 atom stereocenters. The van der Waals surface area contributed by atoms with Gasteiger partial charge in [-0.25, -0.2) is 0 Å². The molecule has 0 bridgehead atoms. The van der Waals surface area contributed by atoms with Crippen LogP contribution >= 0.6 is 0 Å². The maximum absolute atomic E-state index is 12.2. The van der Waals surface area contributed by atoms with E-state index in [1.165, 1.54) is 0 Å². The van der Waals surface area contributed by atoms with Crippen LogP contribution in [0.25, 0.3) is 0 Å². The molecule has 1 aromatic carbocycles. The minimum absolute atomic E-state index is 0.102. The second-order valence-corrected chi connectivity index (χ2v) is 4.03. The molecule has 0 saturated carbocycles. The first-order chi connectivity index (χ1) is 7.60. The Labute approximate surface area is 97.6 Å². The van der Waals surface area contributed by atoms with Gasteiger partial charge in [0.2, 0.25) is 0 Å². The summed E-state index contributed by atoms with van der Waals surface area (Å²) in [5.74, 6) is 0.102. The Kier molecular flexibility index (Phi) is 4.69. The highest BCUT2D eigenvalue weighted by atomic mass is 16.5. The zero-order valence-electron chi connectivity index (χ0n) is 10.5. The number of carbonyl (C=O) groups is 1. The van der Waals surface area contributed by atoms with E-state index in [9.17, 15) is 4.79 Å². The molecule has 0 aromatic heterocycles. The maximum Gasteiger partial charge on any atom is 0.191 e. The van der Waals surface area contributed by atoms with Gasteiger partial charge in [-0.3, -0.25) is 4.79 Å². The van der Waals surface area contributed by atoms with Crippen LogP contribution in [0.1, 0.15) is 41.8 Å². The van der Waals surface area contributed by atoms with Crippen molar-refractivity contribution in [2.75, 3.05) is 6.61 Å². The lowest BCUT2D eigenvalue weighted by Crippen LogP contribution is -2.24. The molecule has 16 heavy (non-hydrogen) atoms. The molecule has 0 N–H and O–H groups in total. The zero-order chi connectivity index (χ0) is 12.1. The van der Waals surface area contributed by atoms with Crippen molar-refractivity contribution in [2.45, 2.75) is 40.2 Å². The molecule has 0 amide bonds. The lowest BCUT2D eigenvalue weighted by Gasteiger charge is -2.15. The van der Waals surface area contributed by atoms with Crippen LogP contribution in [0.5, 0.6) is 0 Å². The Bertz CT molecular complexity index is 369. The number of carbonyl (C=O) groups excluding carboxylic acids is 1. The monoisotopic (exact) mass is 220 g/mol. The largest absolute Gasteiger partial charge is 0.370 e. The summed E-state index contributed by atoms with van der Waals surface area (Å²) < 4.78 is 5.45. The summed E-state index contributed by atoms with van der Waals surface area (Å²) in [6.45, 7) is 8.43. The summed E-state index contributed by atoms with van der Waals surface area (Å²) >= 11 is 0. The van der Waals surface area contributed by atoms with Gasteiger partial charge in [-0.15, -0.1) is 0 Å². The first kappa shape index (κ1) is 12.9. The van der Waals surface area contributed by atoms with Crippen molar-refractivity contribution in [1.29, 1.82) is 0 Å². The van der Waals surface area contributed by atoms with E-state index < -0.39 is 0 Å². The van der Waals surface area contributed by atoms with Crippen LogP contribution in [-0.2, 0) is 4.74 Å². The summed E-state index contributed by atoms with van der Waals surface area (Å²) in [7, 11) is 0. The SMILES string of the molecule is CCOC(CC)C(=O)c1cc(C)ccc1C. The third-order valence-electron chi connectivity index (χ3n) is 2.69. The number of rotatable bonds is 5. The average Bonchev–Trinajstić information content (AvgIpc) is 2.28. The number of aryl methyl sites for hydroxylation is 2. The fourth-order valence-corrected chi connectivity index (χ4v) is 1.75.